The Morgan fingerprint density at radius 1 is 1.21 bits per heavy atom. The van der Waals surface area contributed by atoms with Crippen molar-refractivity contribution < 1.29 is 14.3 Å². The van der Waals surface area contributed by atoms with Crippen LogP contribution in [0.5, 0.6) is 11.5 Å². The minimum atomic E-state index is 0. The van der Waals surface area contributed by atoms with E-state index in [9.17, 15) is 4.79 Å². The zero-order valence-corrected chi connectivity index (χ0v) is 17.4. The number of nitrogens with zero attached hydrogens (tertiary/aromatic N) is 2. The molecule has 6 nitrogen and oxygen atoms in total. The Morgan fingerprint density at radius 3 is 2.79 bits per heavy atom. The number of carbonyl (C=O) groups is 1. The molecule has 3 atom stereocenters. The fraction of sp³-hybridized carbons (Fsp3) is 0.455. The fourth-order valence-electron chi connectivity index (χ4n) is 4.33. The van der Waals surface area contributed by atoms with Gasteiger partial charge in [-0.15, -0.1) is 12.4 Å². The summed E-state index contributed by atoms with van der Waals surface area (Å²) in [5, 5.41) is 0. The Kier molecular flexibility index (Phi) is 6.98. The smallest absolute Gasteiger partial charge is 0.254 e. The van der Waals surface area contributed by atoms with Crippen LogP contribution in [0.2, 0.25) is 0 Å². The molecule has 1 saturated heterocycles. The number of aromatic nitrogens is 1. The van der Waals surface area contributed by atoms with Crippen LogP contribution in [0.1, 0.15) is 35.7 Å². The maximum Gasteiger partial charge on any atom is 0.254 e. The van der Waals surface area contributed by atoms with E-state index in [0.717, 1.165) is 31.5 Å². The number of pyridine rings is 1. The van der Waals surface area contributed by atoms with Gasteiger partial charge >= 0.3 is 0 Å². The highest BCUT2D eigenvalue weighted by atomic mass is 35.5. The van der Waals surface area contributed by atoms with Gasteiger partial charge in [-0.2, -0.15) is 0 Å². The molecule has 2 heterocycles. The van der Waals surface area contributed by atoms with Gasteiger partial charge in [0.2, 0.25) is 0 Å². The van der Waals surface area contributed by atoms with Crippen LogP contribution in [0.4, 0.5) is 0 Å². The third kappa shape index (κ3) is 4.65. The number of amides is 1. The lowest BCUT2D eigenvalue weighted by Gasteiger charge is -2.20. The average molecular weight is 418 g/mol. The zero-order chi connectivity index (χ0) is 19.5. The lowest BCUT2D eigenvalue weighted by Crippen LogP contribution is -2.33. The number of halogens is 1. The standard InChI is InChI=1S/C22H27N3O3.ClH/c1-2-27-21-10-16(6-8-20(21)28-14-15-4-3-9-24-11-15)22(26)25-12-17-5-7-19(23)18(17)13-25;/h3-4,6,8-11,17-19H,2,5,7,12-14,23H2,1H3;1H. The van der Waals surface area contributed by atoms with Crippen molar-refractivity contribution in [2.24, 2.45) is 17.6 Å². The predicted molar refractivity (Wildman–Crippen MR) is 114 cm³/mol. The number of rotatable bonds is 6. The van der Waals surface area contributed by atoms with Crippen molar-refractivity contribution in [3.63, 3.8) is 0 Å². The zero-order valence-electron chi connectivity index (χ0n) is 16.6. The topological polar surface area (TPSA) is 77.7 Å². The van der Waals surface area contributed by atoms with Gasteiger partial charge in [0.05, 0.1) is 6.61 Å². The normalized spacial score (nSPS) is 22.7. The van der Waals surface area contributed by atoms with Crippen LogP contribution in [0.15, 0.2) is 42.7 Å². The van der Waals surface area contributed by atoms with Crippen molar-refractivity contribution in [2.45, 2.75) is 32.4 Å². The van der Waals surface area contributed by atoms with Gasteiger partial charge in [0.15, 0.2) is 11.5 Å². The largest absolute Gasteiger partial charge is 0.490 e. The molecule has 3 unspecified atom stereocenters. The van der Waals surface area contributed by atoms with Gasteiger partial charge in [0.1, 0.15) is 6.61 Å². The quantitative estimate of drug-likeness (QED) is 0.780. The predicted octanol–water partition coefficient (Wildman–Crippen LogP) is 3.29. The summed E-state index contributed by atoms with van der Waals surface area (Å²) in [5.74, 6) is 2.25. The molecule has 0 radical (unpaired) electrons. The molecule has 2 aromatic rings. The Bertz CT molecular complexity index is 833. The van der Waals surface area contributed by atoms with E-state index in [-0.39, 0.29) is 24.4 Å². The molecule has 1 saturated carbocycles. The minimum Gasteiger partial charge on any atom is -0.490 e. The molecule has 156 valence electrons. The van der Waals surface area contributed by atoms with Crippen molar-refractivity contribution in [3.8, 4) is 11.5 Å². The maximum absolute atomic E-state index is 13.0. The number of fused-ring (bicyclic) bond motifs is 1. The second-order valence-electron chi connectivity index (χ2n) is 7.62. The van der Waals surface area contributed by atoms with Gasteiger partial charge in [-0.1, -0.05) is 6.07 Å². The van der Waals surface area contributed by atoms with Crippen molar-refractivity contribution in [1.29, 1.82) is 0 Å². The maximum atomic E-state index is 13.0. The van der Waals surface area contributed by atoms with Crippen molar-refractivity contribution in [3.05, 3.63) is 53.9 Å². The summed E-state index contributed by atoms with van der Waals surface area (Å²) < 4.78 is 11.6. The third-order valence-corrected chi connectivity index (χ3v) is 5.81. The number of hydrogen-bond donors (Lipinski definition) is 1. The van der Waals surface area contributed by atoms with E-state index in [1.165, 1.54) is 0 Å². The molecule has 0 spiro atoms. The van der Waals surface area contributed by atoms with Gasteiger partial charge in [-0.05, 0) is 55.9 Å². The van der Waals surface area contributed by atoms with Crippen LogP contribution in [0, 0.1) is 11.8 Å². The van der Waals surface area contributed by atoms with Gasteiger partial charge in [0.25, 0.3) is 5.91 Å². The van der Waals surface area contributed by atoms with E-state index >= 15 is 0 Å². The number of likely N-dealkylation sites (tertiary alicyclic amines) is 1. The highest BCUT2D eigenvalue weighted by molar-refractivity contribution is 5.95. The number of carbonyl (C=O) groups excluding carboxylic acids is 1. The molecule has 2 aliphatic rings. The van der Waals surface area contributed by atoms with Crippen LogP contribution in [-0.2, 0) is 6.61 Å². The van der Waals surface area contributed by atoms with Gasteiger partial charge in [0, 0.05) is 42.7 Å². The highest BCUT2D eigenvalue weighted by Gasteiger charge is 2.42. The summed E-state index contributed by atoms with van der Waals surface area (Å²) in [4.78, 5) is 19.0. The molecular formula is C22H28ClN3O3. The SMILES string of the molecule is CCOc1cc(C(=O)N2CC3CCC(N)C3C2)ccc1OCc1cccnc1.Cl. The molecule has 1 aromatic heterocycles. The Morgan fingerprint density at radius 2 is 2.07 bits per heavy atom. The van der Waals surface area contributed by atoms with Crippen LogP contribution < -0.4 is 15.2 Å². The van der Waals surface area contributed by atoms with Crippen LogP contribution in [-0.4, -0.2) is 41.5 Å². The van der Waals surface area contributed by atoms with Gasteiger partial charge < -0.3 is 20.1 Å². The van der Waals surface area contributed by atoms with Gasteiger partial charge in [-0.25, -0.2) is 0 Å². The number of hydrogen-bond acceptors (Lipinski definition) is 5. The van der Waals surface area contributed by atoms with E-state index < -0.39 is 0 Å². The first-order chi connectivity index (χ1) is 13.7. The summed E-state index contributed by atoms with van der Waals surface area (Å²) in [7, 11) is 0. The van der Waals surface area contributed by atoms with E-state index in [4.69, 9.17) is 15.2 Å². The van der Waals surface area contributed by atoms with E-state index in [1.807, 2.05) is 36.1 Å². The first kappa shape index (κ1) is 21.4. The second kappa shape index (κ2) is 9.46. The second-order valence-corrected chi connectivity index (χ2v) is 7.62. The van der Waals surface area contributed by atoms with Crippen molar-refractivity contribution >= 4 is 18.3 Å². The summed E-state index contributed by atoms with van der Waals surface area (Å²) >= 11 is 0. The highest BCUT2D eigenvalue weighted by Crippen LogP contribution is 2.38. The molecule has 1 aromatic carbocycles. The Balaban J connectivity index is 0.00000240. The lowest BCUT2D eigenvalue weighted by molar-refractivity contribution is 0.0779. The molecule has 2 N–H and O–H groups in total. The Labute approximate surface area is 177 Å². The molecule has 1 aliphatic heterocycles. The average Bonchev–Trinajstić information content (AvgIpc) is 3.29. The number of benzene rings is 1. The molecule has 29 heavy (non-hydrogen) atoms. The monoisotopic (exact) mass is 417 g/mol. The Hall–Kier alpha value is -2.31. The van der Waals surface area contributed by atoms with Crippen LogP contribution in [0.25, 0.3) is 0 Å². The van der Waals surface area contributed by atoms with Crippen LogP contribution >= 0.6 is 12.4 Å². The summed E-state index contributed by atoms with van der Waals surface area (Å²) in [6, 6.07) is 9.49. The summed E-state index contributed by atoms with van der Waals surface area (Å²) in [6.45, 7) is 4.38. The van der Waals surface area contributed by atoms with Crippen LogP contribution in [0.3, 0.4) is 0 Å². The number of nitrogens with two attached hydrogens (primary N) is 1. The first-order valence-corrected chi connectivity index (χ1v) is 9.99. The molecule has 7 heteroatoms. The van der Waals surface area contributed by atoms with Gasteiger partial charge in [-0.3, -0.25) is 9.78 Å². The van der Waals surface area contributed by atoms with Crippen molar-refractivity contribution in [1.82, 2.24) is 9.88 Å². The summed E-state index contributed by atoms with van der Waals surface area (Å²) in [5.41, 5.74) is 7.81. The lowest BCUT2D eigenvalue weighted by atomic mass is 9.98. The molecule has 0 bridgehead atoms. The molecule has 4 rings (SSSR count). The minimum absolute atomic E-state index is 0. The molecule has 1 aliphatic carbocycles. The number of ether oxygens (including phenoxy) is 2. The van der Waals surface area contributed by atoms with E-state index in [2.05, 4.69) is 4.98 Å². The van der Waals surface area contributed by atoms with E-state index in [0.29, 0.717) is 42.1 Å². The van der Waals surface area contributed by atoms with E-state index in [1.54, 1.807) is 18.5 Å². The summed E-state index contributed by atoms with van der Waals surface area (Å²) in [6.07, 6.45) is 5.71. The molecule has 2 fully saturated rings. The van der Waals surface area contributed by atoms with Crippen molar-refractivity contribution in [2.75, 3.05) is 19.7 Å². The fourth-order valence-corrected chi connectivity index (χ4v) is 4.33. The molecule has 1 amide bonds. The third-order valence-electron chi connectivity index (χ3n) is 5.81. The first-order valence-electron chi connectivity index (χ1n) is 9.99. The molecular weight excluding hydrogens is 390 g/mol.